The molecule has 0 atom stereocenters. The van der Waals surface area contributed by atoms with Gasteiger partial charge in [-0.15, -0.1) is 10.2 Å². The Bertz CT molecular complexity index is 1030. The fraction of sp³-hybridized carbons (Fsp3) is 0.167. The topological polar surface area (TPSA) is 125 Å². The minimum Gasteiger partial charge on any atom is -0.454 e. The lowest BCUT2D eigenvalue weighted by molar-refractivity contribution is -0.384. The van der Waals surface area contributed by atoms with E-state index in [1.165, 1.54) is 19.2 Å². The quantitative estimate of drug-likeness (QED) is 0.634. The van der Waals surface area contributed by atoms with Gasteiger partial charge in [0.1, 0.15) is 11.4 Å². The van der Waals surface area contributed by atoms with E-state index >= 15 is 0 Å². The van der Waals surface area contributed by atoms with E-state index < -0.39 is 10.8 Å². The number of benzene rings is 2. The van der Waals surface area contributed by atoms with E-state index in [9.17, 15) is 14.9 Å². The zero-order valence-corrected chi connectivity index (χ0v) is 14.7. The highest BCUT2D eigenvalue weighted by Gasteiger charge is 2.25. The van der Waals surface area contributed by atoms with Gasteiger partial charge in [0.2, 0.25) is 6.79 Å². The Labute approximate surface area is 158 Å². The van der Waals surface area contributed by atoms with E-state index in [1.54, 1.807) is 24.3 Å². The van der Waals surface area contributed by atoms with Crippen LogP contribution in [0, 0.1) is 10.1 Å². The molecule has 10 heteroatoms. The molecule has 2 aromatic carbocycles. The molecule has 10 nitrogen and oxygen atoms in total. The first-order chi connectivity index (χ1) is 13.6. The van der Waals surface area contributed by atoms with Gasteiger partial charge in [-0.3, -0.25) is 19.7 Å². The monoisotopic (exact) mass is 382 g/mol. The number of nitrogens with one attached hydrogen (secondary N) is 1. The first-order valence-corrected chi connectivity index (χ1v) is 8.22. The number of carbonyl (C=O) groups is 1. The summed E-state index contributed by atoms with van der Waals surface area (Å²) in [6, 6.07) is 9.49. The van der Waals surface area contributed by atoms with E-state index in [0.29, 0.717) is 28.3 Å². The lowest BCUT2D eigenvalue weighted by atomic mass is 9.94. The van der Waals surface area contributed by atoms with Crippen molar-refractivity contribution in [1.82, 2.24) is 5.48 Å². The molecule has 0 spiro atoms. The van der Waals surface area contributed by atoms with Crippen molar-refractivity contribution in [3.05, 3.63) is 63.2 Å². The predicted octanol–water partition coefficient (Wildman–Crippen LogP) is 1.75. The van der Waals surface area contributed by atoms with Crippen molar-refractivity contribution in [2.75, 3.05) is 13.9 Å². The van der Waals surface area contributed by atoms with Crippen LogP contribution in [-0.2, 0) is 16.1 Å². The van der Waals surface area contributed by atoms with Crippen molar-refractivity contribution >= 4 is 23.0 Å². The molecular weight excluding hydrogens is 368 g/mol. The highest BCUT2D eigenvalue weighted by Crippen LogP contribution is 2.36. The van der Waals surface area contributed by atoms with Gasteiger partial charge < -0.3 is 9.47 Å². The number of hydroxylamine groups is 1. The maximum absolute atomic E-state index is 12.2. The zero-order chi connectivity index (χ0) is 19.7. The van der Waals surface area contributed by atoms with E-state index in [0.717, 1.165) is 5.56 Å². The van der Waals surface area contributed by atoms with Crippen LogP contribution in [0.1, 0.15) is 16.7 Å². The van der Waals surface area contributed by atoms with Crippen molar-refractivity contribution in [2.45, 2.75) is 6.42 Å². The van der Waals surface area contributed by atoms with Crippen LogP contribution < -0.4 is 15.0 Å². The van der Waals surface area contributed by atoms with Crippen LogP contribution in [0.25, 0.3) is 0 Å². The number of nitro benzene ring substituents is 1. The zero-order valence-electron chi connectivity index (χ0n) is 14.7. The van der Waals surface area contributed by atoms with Crippen LogP contribution in [-0.4, -0.2) is 36.2 Å². The lowest BCUT2D eigenvalue weighted by Gasteiger charge is -2.11. The third-order valence-electron chi connectivity index (χ3n) is 4.29. The van der Waals surface area contributed by atoms with Gasteiger partial charge in [0.15, 0.2) is 11.5 Å². The predicted molar refractivity (Wildman–Crippen MR) is 97.6 cm³/mol. The molecule has 1 N–H and O–H groups in total. The Kier molecular flexibility index (Phi) is 4.45. The Balaban J connectivity index is 1.83. The maximum Gasteiger partial charge on any atom is 0.291 e. The first-order valence-electron chi connectivity index (χ1n) is 8.22. The molecule has 0 aliphatic carbocycles. The van der Waals surface area contributed by atoms with Crippen molar-refractivity contribution < 1.29 is 24.0 Å². The minimum absolute atomic E-state index is 0.0347. The summed E-state index contributed by atoms with van der Waals surface area (Å²) in [4.78, 5) is 27.3. The van der Waals surface area contributed by atoms with Gasteiger partial charge >= 0.3 is 0 Å². The third kappa shape index (κ3) is 3.16. The van der Waals surface area contributed by atoms with E-state index in [2.05, 4.69) is 20.5 Å². The molecule has 0 saturated heterocycles. The molecule has 28 heavy (non-hydrogen) atoms. The molecule has 1 amide bonds. The van der Waals surface area contributed by atoms with Gasteiger partial charge in [-0.25, -0.2) is 5.48 Å². The molecule has 2 heterocycles. The smallest absolute Gasteiger partial charge is 0.291 e. The number of amides is 1. The fourth-order valence-corrected chi connectivity index (χ4v) is 2.96. The molecule has 142 valence electrons. The molecule has 0 unspecified atom stereocenters. The molecular formula is C18H14N4O6. The van der Waals surface area contributed by atoms with Crippen LogP contribution in [0.15, 0.2) is 46.6 Å². The number of hydrogen-bond donors (Lipinski definition) is 1. The molecule has 0 fully saturated rings. The normalized spacial score (nSPS) is 14.5. The molecule has 2 aliphatic heterocycles. The summed E-state index contributed by atoms with van der Waals surface area (Å²) < 4.78 is 10.9. The Hall–Kier alpha value is -3.79. The summed E-state index contributed by atoms with van der Waals surface area (Å²) in [6.07, 6.45) is 0.196. The lowest BCUT2D eigenvalue weighted by Crippen LogP contribution is -2.31. The van der Waals surface area contributed by atoms with Crippen molar-refractivity contribution in [2.24, 2.45) is 10.2 Å². The van der Waals surface area contributed by atoms with Gasteiger partial charge in [-0.2, -0.15) is 0 Å². The summed E-state index contributed by atoms with van der Waals surface area (Å²) in [5.41, 5.74) is 4.87. The van der Waals surface area contributed by atoms with E-state index in [4.69, 9.17) is 9.47 Å². The number of carbonyl (C=O) groups excluding carboxylic acids is 1. The highest BCUT2D eigenvalue weighted by atomic mass is 16.7. The van der Waals surface area contributed by atoms with Gasteiger partial charge in [0.25, 0.3) is 11.6 Å². The largest absolute Gasteiger partial charge is 0.454 e. The Morgan fingerprint density at radius 3 is 2.57 bits per heavy atom. The molecule has 2 aliphatic rings. The number of hydrogen-bond acceptors (Lipinski definition) is 8. The second kappa shape index (κ2) is 7.08. The van der Waals surface area contributed by atoms with Crippen LogP contribution in [0.2, 0.25) is 0 Å². The molecule has 0 bridgehead atoms. The third-order valence-corrected chi connectivity index (χ3v) is 4.29. The highest BCUT2D eigenvalue weighted by molar-refractivity contribution is 6.39. The number of nitrogens with zero attached hydrogens (tertiary/aromatic N) is 3. The first kappa shape index (κ1) is 17.6. The second-order valence-electron chi connectivity index (χ2n) is 5.97. The van der Waals surface area contributed by atoms with Gasteiger partial charge in [0.05, 0.1) is 12.0 Å². The summed E-state index contributed by atoms with van der Waals surface area (Å²) in [5.74, 6) is 0.605. The molecule has 2 aromatic rings. The number of rotatable bonds is 4. The van der Waals surface area contributed by atoms with Crippen molar-refractivity contribution in [3.63, 3.8) is 0 Å². The Morgan fingerprint density at radius 2 is 1.89 bits per heavy atom. The second-order valence-corrected chi connectivity index (χ2v) is 5.97. The SMILES string of the molecule is CONC(=O)C1=NN=C(c2ccc([N+](=O)[O-])cc2)c2cc3c(cc2C1)OCO3. The number of fused-ring (bicyclic) bond motifs is 2. The van der Waals surface area contributed by atoms with E-state index in [-0.39, 0.29) is 24.6 Å². The molecule has 0 saturated carbocycles. The molecule has 4 rings (SSSR count). The van der Waals surface area contributed by atoms with Crippen molar-refractivity contribution in [3.8, 4) is 11.5 Å². The summed E-state index contributed by atoms with van der Waals surface area (Å²) in [5, 5.41) is 19.2. The van der Waals surface area contributed by atoms with E-state index in [1.807, 2.05) is 0 Å². The number of nitro groups is 1. The Morgan fingerprint density at radius 1 is 1.18 bits per heavy atom. The number of non-ortho nitro benzene ring substituents is 1. The minimum atomic E-state index is -0.514. The molecule has 0 radical (unpaired) electrons. The van der Waals surface area contributed by atoms with Gasteiger partial charge in [-0.05, 0) is 29.8 Å². The summed E-state index contributed by atoms with van der Waals surface area (Å²) in [7, 11) is 1.33. The van der Waals surface area contributed by atoms with Crippen LogP contribution >= 0.6 is 0 Å². The maximum atomic E-state index is 12.2. The van der Waals surface area contributed by atoms with Crippen LogP contribution in [0.3, 0.4) is 0 Å². The standard InChI is InChI=1S/C18H14N4O6/c1-26-21-18(23)14-6-11-7-15-16(28-9-27-15)8-13(11)17(20-19-14)10-2-4-12(5-3-10)22(24)25/h2-5,7-8H,6,9H2,1H3,(H,21,23). The van der Waals surface area contributed by atoms with Crippen LogP contribution in [0.5, 0.6) is 11.5 Å². The number of ether oxygens (including phenoxy) is 2. The van der Waals surface area contributed by atoms with Gasteiger partial charge in [0, 0.05) is 29.7 Å². The van der Waals surface area contributed by atoms with Crippen molar-refractivity contribution in [1.29, 1.82) is 0 Å². The summed E-state index contributed by atoms with van der Waals surface area (Å²) in [6.45, 7) is 0.105. The average Bonchev–Trinajstić information content (AvgIpc) is 3.06. The van der Waals surface area contributed by atoms with Crippen LogP contribution in [0.4, 0.5) is 5.69 Å². The average molecular weight is 382 g/mol. The van der Waals surface area contributed by atoms with Gasteiger partial charge in [-0.1, -0.05) is 0 Å². The molecule has 0 aromatic heterocycles. The summed E-state index contributed by atoms with van der Waals surface area (Å²) >= 11 is 0. The fourth-order valence-electron chi connectivity index (χ4n) is 2.96.